The van der Waals surface area contributed by atoms with Gasteiger partial charge in [-0.2, -0.15) is 0 Å². The number of hydrogen-bond acceptors (Lipinski definition) is 4. The van der Waals surface area contributed by atoms with Gasteiger partial charge in [-0.05, 0) is 37.1 Å². The molecule has 28 heavy (non-hydrogen) atoms. The van der Waals surface area contributed by atoms with Crippen LogP contribution in [0, 0.1) is 0 Å². The number of aliphatic carboxylic acids is 2. The van der Waals surface area contributed by atoms with E-state index in [1.165, 1.54) is 38.5 Å². The minimum Gasteiger partial charge on any atom is -0.492 e. The first-order valence-electron chi connectivity index (χ1n) is 10.4. The van der Waals surface area contributed by atoms with Crippen LogP contribution in [0.15, 0.2) is 29.2 Å². The molecule has 0 fully saturated rings. The maximum atomic E-state index is 10.5. The molecule has 0 aliphatic heterocycles. The first-order valence-corrected chi connectivity index (χ1v) is 11.4. The van der Waals surface area contributed by atoms with Crippen LogP contribution in [-0.4, -0.2) is 34.5 Å². The van der Waals surface area contributed by atoms with E-state index in [1.807, 2.05) is 18.2 Å². The molecule has 0 spiro atoms. The van der Waals surface area contributed by atoms with Gasteiger partial charge < -0.3 is 14.9 Å². The van der Waals surface area contributed by atoms with Crippen molar-refractivity contribution in [1.82, 2.24) is 0 Å². The van der Waals surface area contributed by atoms with Crippen LogP contribution in [0.5, 0.6) is 5.75 Å². The second kappa shape index (κ2) is 16.3. The number of thioether (sulfide) groups is 1. The number of para-hydroxylation sites is 1. The molecule has 0 heterocycles. The summed E-state index contributed by atoms with van der Waals surface area (Å²) >= 11 is 1.80. The van der Waals surface area contributed by atoms with Gasteiger partial charge in [0.1, 0.15) is 5.75 Å². The second-order valence-electron chi connectivity index (χ2n) is 6.97. The van der Waals surface area contributed by atoms with Crippen molar-refractivity contribution in [2.75, 3.05) is 12.4 Å². The lowest BCUT2D eigenvalue weighted by Crippen LogP contribution is -2.02. The highest BCUT2D eigenvalue weighted by atomic mass is 32.2. The van der Waals surface area contributed by atoms with Crippen molar-refractivity contribution in [3.63, 3.8) is 0 Å². The molecule has 1 rings (SSSR count). The first kappa shape index (κ1) is 24.3. The van der Waals surface area contributed by atoms with E-state index in [-0.39, 0.29) is 6.42 Å². The summed E-state index contributed by atoms with van der Waals surface area (Å²) in [7, 11) is 0. The van der Waals surface area contributed by atoms with Gasteiger partial charge in [0.25, 0.3) is 0 Å². The number of carboxylic acid groups (broad SMARTS) is 2. The molecule has 0 amide bonds. The molecule has 0 atom stereocenters. The number of unbranched alkanes of at least 4 members (excludes halogenated alkanes) is 8. The highest BCUT2D eigenvalue weighted by molar-refractivity contribution is 7.99. The highest BCUT2D eigenvalue weighted by Crippen LogP contribution is 2.30. The molecular weight excluding hydrogens is 376 g/mol. The highest BCUT2D eigenvalue weighted by Gasteiger charge is 2.04. The number of rotatable bonds is 18. The summed E-state index contributed by atoms with van der Waals surface area (Å²) in [6.07, 6.45) is 11.3. The quantitative estimate of drug-likeness (QED) is 0.228. The van der Waals surface area contributed by atoms with Gasteiger partial charge >= 0.3 is 11.9 Å². The Kier molecular flexibility index (Phi) is 14.2. The molecule has 0 radical (unpaired) electrons. The summed E-state index contributed by atoms with van der Waals surface area (Å²) in [6.45, 7) is 0.431. The maximum absolute atomic E-state index is 10.5. The average molecular weight is 411 g/mol. The molecule has 6 heteroatoms. The number of carbonyl (C=O) groups is 2. The van der Waals surface area contributed by atoms with Crippen LogP contribution >= 0.6 is 11.8 Å². The van der Waals surface area contributed by atoms with E-state index in [0.29, 0.717) is 19.4 Å². The van der Waals surface area contributed by atoms with Crippen molar-refractivity contribution in [1.29, 1.82) is 0 Å². The Morgan fingerprint density at radius 3 is 1.93 bits per heavy atom. The fourth-order valence-electron chi connectivity index (χ4n) is 2.89. The summed E-state index contributed by atoms with van der Waals surface area (Å²) in [5, 5.41) is 17.3. The fraction of sp³-hybridized carbons (Fsp3) is 0.636. The molecule has 0 unspecified atom stereocenters. The Balaban J connectivity index is 2.02. The lowest BCUT2D eigenvalue weighted by molar-refractivity contribution is -0.138. The Labute approximate surface area is 172 Å². The maximum Gasteiger partial charge on any atom is 0.303 e. The smallest absolute Gasteiger partial charge is 0.303 e. The molecule has 2 N–H and O–H groups in total. The Morgan fingerprint density at radius 2 is 1.29 bits per heavy atom. The average Bonchev–Trinajstić information content (AvgIpc) is 2.66. The van der Waals surface area contributed by atoms with Gasteiger partial charge in [0.15, 0.2) is 0 Å². The molecule has 0 aromatic heterocycles. The van der Waals surface area contributed by atoms with Crippen molar-refractivity contribution >= 4 is 23.7 Å². The lowest BCUT2D eigenvalue weighted by atomic mass is 10.1. The summed E-state index contributed by atoms with van der Waals surface area (Å²) in [5.41, 5.74) is 0. The van der Waals surface area contributed by atoms with Crippen LogP contribution in [-0.2, 0) is 9.59 Å². The van der Waals surface area contributed by atoms with E-state index in [0.717, 1.165) is 35.7 Å². The van der Waals surface area contributed by atoms with Gasteiger partial charge in [0, 0.05) is 17.7 Å². The van der Waals surface area contributed by atoms with Crippen molar-refractivity contribution in [2.24, 2.45) is 0 Å². The fourth-order valence-corrected chi connectivity index (χ4v) is 3.90. The van der Waals surface area contributed by atoms with Crippen LogP contribution in [0.4, 0.5) is 0 Å². The van der Waals surface area contributed by atoms with E-state index < -0.39 is 11.9 Å². The van der Waals surface area contributed by atoms with Gasteiger partial charge in [-0.15, -0.1) is 11.8 Å². The van der Waals surface area contributed by atoms with Crippen molar-refractivity contribution in [3.8, 4) is 5.75 Å². The molecule has 0 aliphatic carbocycles. The molecule has 1 aromatic carbocycles. The summed E-state index contributed by atoms with van der Waals surface area (Å²) in [5.74, 6) is 0.431. The normalized spacial score (nSPS) is 10.7. The van der Waals surface area contributed by atoms with E-state index in [9.17, 15) is 9.59 Å². The summed E-state index contributed by atoms with van der Waals surface area (Å²) in [4.78, 5) is 22.1. The number of hydrogen-bond donors (Lipinski definition) is 2. The minimum atomic E-state index is -0.788. The van der Waals surface area contributed by atoms with Gasteiger partial charge in [0.05, 0.1) is 6.61 Å². The lowest BCUT2D eigenvalue weighted by Gasteiger charge is -2.10. The third kappa shape index (κ3) is 13.5. The van der Waals surface area contributed by atoms with E-state index in [2.05, 4.69) is 6.07 Å². The molecule has 0 saturated heterocycles. The Bertz CT molecular complexity index is 562. The monoisotopic (exact) mass is 410 g/mol. The van der Waals surface area contributed by atoms with E-state index in [1.54, 1.807) is 11.8 Å². The number of ether oxygens (including phenoxy) is 1. The number of carboxylic acids is 2. The zero-order valence-electron chi connectivity index (χ0n) is 16.7. The van der Waals surface area contributed by atoms with Gasteiger partial charge in [0.2, 0.25) is 0 Å². The molecule has 0 aliphatic rings. The molecule has 5 nitrogen and oxygen atoms in total. The summed E-state index contributed by atoms with van der Waals surface area (Å²) in [6, 6.07) is 7.95. The number of benzene rings is 1. The molecule has 158 valence electrons. The van der Waals surface area contributed by atoms with Crippen molar-refractivity contribution in [3.05, 3.63) is 24.3 Å². The van der Waals surface area contributed by atoms with Gasteiger partial charge in [-0.3, -0.25) is 9.59 Å². The molecule has 0 saturated carbocycles. The van der Waals surface area contributed by atoms with E-state index in [4.69, 9.17) is 14.9 Å². The minimum absolute atomic E-state index is 0.137. The predicted octanol–water partition coefficient (Wildman–Crippen LogP) is 6.01. The summed E-state index contributed by atoms with van der Waals surface area (Å²) < 4.78 is 5.73. The van der Waals surface area contributed by atoms with Gasteiger partial charge in [-0.1, -0.05) is 57.1 Å². The van der Waals surface area contributed by atoms with Crippen LogP contribution in [0.2, 0.25) is 0 Å². The van der Waals surface area contributed by atoms with Crippen molar-refractivity contribution < 1.29 is 24.5 Å². The van der Waals surface area contributed by atoms with Gasteiger partial charge in [-0.25, -0.2) is 0 Å². The standard InChI is InChI=1S/C22H34O5S/c23-21(24)15-8-6-4-2-1-3-5-7-11-18-28-20-14-10-9-13-19(20)27-17-12-16-22(25)26/h9-10,13-14H,1-8,11-12,15-18H2,(H,23,24)(H,25,26). The largest absolute Gasteiger partial charge is 0.492 e. The predicted molar refractivity (Wildman–Crippen MR) is 113 cm³/mol. The Hall–Kier alpha value is -1.69. The first-order chi connectivity index (χ1) is 13.6. The molecular formula is C22H34O5S. The second-order valence-corrected chi connectivity index (χ2v) is 8.10. The third-order valence-electron chi connectivity index (χ3n) is 4.43. The SMILES string of the molecule is O=C(O)CCCCCCCCCCCSc1ccccc1OCCCC(=O)O. The Morgan fingerprint density at radius 1 is 0.750 bits per heavy atom. The molecule has 0 bridgehead atoms. The van der Waals surface area contributed by atoms with Crippen LogP contribution in [0.25, 0.3) is 0 Å². The van der Waals surface area contributed by atoms with Crippen LogP contribution in [0.3, 0.4) is 0 Å². The zero-order valence-corrected chi connectivity index (χ0v) is 17.6. The van der Waals surface area contributed by atoms with Crippen LogP contribution in [0.1, 0.15) is 77.0 Å². The molecule has 1 aromatic rings. The van der Waals surface area contributed by atoms with E-state index >= 15 is 0 Å². The van der Waals surface area contributed by atoms with Crippen LogP contribution < -0.4 is 4.74 Å². The third-order valence-corrected chi connectivity index (χ3v) is 5.58. The topological polar surface area (TPSA) is 83.8 Å². The zero-order chi connectivity index (χ0) is 20.5. The van der Waals surface area contributed by atoms with Crippen molar-refractivity contribution in [2.45, 2.75) is 81.9 Å².